The lowest BCUT2D eigenvalue weighted by Gasteiger charge is -2.23. The maximum atomic E-state index is 12.2. The third-order valence-electron chi connectivity index (χ3n) is 3.72. The van der Waals surface area contributed by atoms with Crippen molar-refractivity contribution in [1.29, 1.82) is 0 Å². The second kappa shape index (κ2) is 7.80. The zero-order valence-electron chi connectivity index (χ0n) is 13.9. The Hall–Kier alpha value is -1.87. The number of aromatic nitrogens is 2. The van der Waals surface area contributed by atoms with Crippen molar-refractivity contribution in [2.75, 3.05) is 19.4 Å². The summed E-state index contributed by atoms with van der Waals surface area (Å²) < 4.78 is 32.8. The highest BCUT2D eigenvalue weighted by Gasteiger charge is 2.38. The summed E-state index contributed by atoms with van der Waals surface area (Å²) in [6.45, 7) is 5.69. The van der Waals surface area contributed by atoms with Gasteiger partial charge in [0.05, 0.1) is 24.6 Å². The lowest BCUT2D eigenvalue weighted by molar-refractivity contribution is 0.103. The fourth-order valence-corrected chi connectivity index (χ4v) is 3.43. The van der Waals surface area contributed by atoms with E-state index in [1.165, 1.54) is 11.0 Å². The maximum Gasteiger partial charge on any atom is 0.410 e. The van der Waals surface area contributed by atoms with Crippen LogP contribution in [0.15, 0.2) is 18.9 Å². The minimum Gasteiger partial charge on any atom is -0.445 e. The molecule has 2 heterocycles. The van der Waals surface area contributed by atoms with Crippen molar-refractivity contribution in [3.05, 3.63) is 30.4 Å². The van der Waals surface area contributed by atoms with E-state index in [0.717, 1.165) is 17.8 Å². The van der Waals surface area contributed by atoms with Gasteiger partial charge >= 0.3 is 6.09 Å². The smallest absolute Gasteiger partial charge is 0.410 e. The number of aryl methyl sites for hydroxylation is 2. The molecule has 0 unspecified atom stereocenters. The largest absolute Gasteiger partial charge is 0.445 e. The Balaban J connectivity index is 2.02. The number of likely N-dealkylation sites (tertiary alicyclic amines) is 1. The molecule has 1 aliphatic heterocycles. The zero-order valence-corrected chi connectivity index (χ0v) is 14.7. The molecule has 1 aliphatic rings. The van der Waals surface area contributed by atoms with Crippen LogP contribution in [0.25, 0.3) is 0 Å². The van der Waals surface area contributed by atoms with Gasteiger partial charge in [0, 0.05) is 18.7 Å². The van der Waals surface area contributed by atoms with Crippen molar-refractivity contribution >= 4 is 16.2 Å². The third kappa shape index (κ3) is 5.34. The molecule has 1 aromatic heterocycles. The second-order valence-corrected chi connectivity index (χ2v) is 7.46. The molecular weight excluding hydrogens is 334 g/mol. The summed E-state index contributed by atoms with van der Waals surface area (Å²) >= 11 is 0. The van der Waals surface area contributed by atoms with Crippen molar-refractivity contribution in [2.45, 2.75) is 38.3 Å². The number of carbonyl (C=O) groups excluding carboxylic acids is 1. The molecule has 0 radical (unpaired) electrons. The Morgan fingerprint density at radius 2 is 2.33 bits per heavy atom. The molecule has 8 nitrogen and oxygen atoms in total. The topological polar surface area (TPSA) is 102 Å². The Kier molecular flexibility index (Phi) is 6.00. The van der Waals surface area contributed by atoms with E-state index in [0.29, 0.717) is 19.3 Å². The van der Waals surface area contributed by atoms with Gasteiger partial charge in [-0.2, -0.15) is 8.42 Å². The molecule has 0 spiro atoms. The fraction of sp³-hybridized carbons (Fsp3) is 0.600. The van der Waals surface area contributed by atoms with Crippen LogP contribution in [0.5, 0.6) is 0 Å². The fourth-order valence-electron chi connectivity index (χ4n) is 2.80. The monoisotopic (exact) mass is 357 g/mol. The number of nitrogens with one attached hydrogen (secondary N) is 1. The molecule has 134 valence electrons. The number of hydrogen-bond acceptors (Lipinski definition) is 6. The van der Waals surface area contributed by atoms with Gasteiger partial charge in [-0.15, -0.1) is 0 Å². The summed E-state index contributed by atoms with van der Waals surface area (Å²) in [4.78, 5) is 21.1. The standard InChI is InChI=1S/C15H23N3O5S/c1-4-7-22-15(19)18-10-13(23-24(3,20)21)8-12(18)5-6-14-16-9-11(2)17-14/h4,9,12-13H,1,5-8,10H2,2-3H3,(H,16,17)/t12-,13-/m1/s1. The van der Waals surface area contributed by atoms with E-state index >= 15 is 0 Å². The molecule has 1 saturated heterocycles. The molecule has 1 fully saturated rings. The number of rotatable bonds is 7. The summed E-state index contributed by atoms with van der Waals surface area (Å²) in [5.74, 6) is 0.833. The third-order valence-corrected chi connectivity index (χ3v) is 4.34. The highest BCUT2D eigenvalue weighted by atomic mass is 32.2. The number of H-pyrrole nitrogens is 1. The average molecular weight is 357 g/mol. The van der Waals surface area contributed by atoms with E-state index in [4.69, 9.17) is 8.92 Å². The molecule has 24 heavy (non-hydrogen) atoms. The number of imidazole rings is 1. The minimum atomic E-state index is -3.57. The number of ether oxygens (including phenoxy) is 1. The molecule has 0 bridgehead atoms. The minimum absolute atomic E-state index is 0.108. The molecule has 1 aromatic rings. The number of nitrogens with zero attached hydrogens (tertiary/aromatic N) is 2. The second-order valence-electron chi connectivity index (χ2n) is 5.86. The van der Waals surface area contributed by atoms with Crippen molar-refractivity contribution in [2.24, 2.45) is 0 Å². The first-order valence-corrected chi connectivity index (χ1v) is 9.53. The first-order valence-electron chi connectivity index (χ1n) is 7.72. The van der Waals surface area contributed by atoms with Crippen molar-refractivity contribution < 1.29 is 22.1 Å². The number of hydrogen-bond donors (Lipinski definition) is 1. The predicted molar refractivity (Wildman–Crippen MR) is 88.0 cm³/mol. The SMILES string of the molecule is C=CCOC(=O)N1C[C@H](OS(C)(=O)=O)C[C@H]1CCc1nc(C)c[nH]1. The van der Waals surface area contributed by atoms with E-state index in [1.54, 1.807) is 0 Å². The van der Waals surface area contributed by atoms with Gasteiger partial charge in [0.15, 0.2) is 0 Å². The molecule has 0 aliphatic carbocycles. The first kappa shape index (κ1) is 18.5. The molecular formula is C15H23N3O5S. The van der Waals surface area contributed by atoms with Crippen LogP contribution in [-0.2, 0) is 25.5 Å². The normalized spacial score (nSPS) is 21.0. The predicted octanol–water partition coefficient (Wildman–Crippen LogP) is 1.39. The van der Waals surface area contributed by atoms with E-state index < -0.39 is 22.3 Å². The Morgan fingerprint density at radius 1 is 1.58 bits per heavy atom. The lowest BCUT2D eigenvalue weighted by Crippen LogP contribution is -2.37. The van der Waals surface area contributed by atoms with Crippen molar-refractivity contribution in [3.8, 4) is 0 Å². The Bertz CT molecular complexity index is 685. The molecule has 0 saturated carbocycles. The summed E-state index contributed by atoms with van der Waals surface area (Å²) in [5.41, 5.74) is 0.900. The number of amides is 1. The molecule has 1 amide bonds. The number of aromatic amines is 1. The number of carbonyl (C=O) groups is 1. The summed E-state index contributed by atoms with van der Waals surface area (Å²) in [7, 11) is -3.57. The van der Waals surface area contributed by atoms with Crippen LogP contribution in [0.2, 0.25) is 0 Å². The molecule has 2 rings (SSSR count). The first-order chi connectivity index (χ1) is 11.3. The molecule has 0 aromatic carbocycles. The van der Waals surface area contributed by atoms with Gasteiger partial charge < -0.3 is 14.6 Å². The lowest BCUT2D eigenvalue weighted by atomic mass is 10.1. The van der Waals surface area contributed by atoms with Gasteiger partial charge in [-0.3, -0.25) is 4.18 Å². The van der Waals surface area contributed by atoms with E-state index in [-0.39, 0.29) is 19.2 Å². The highest BCUT2D eigenvalue weighted by Crippen LogP contribution is 2.25. The van der Waals surface area contributed by atoms with Crippen LogP contribution in [-0.4, -0.2) is 60.9 Å². The molecule has 1 N–H and O–H groups in total. The van der Waals surface area contributed by atoms with Gasteiger partial charge in [-0.05, 0) is 19.8 Å². The van der Waals surface area contributed by atoms with Crippen LogP contribution in [0.4, 0.5) is 4.79 Å². The van der Waals surface area contributed by atoms with Crippen LogP contribution in [0.3, 0.4) is 0 Å². The van der Waals surface area contributed by atoms with Gasteiger partial charge in [-0.25, -0.2) is 9.78 Å². The summed E-state index contributed by atoms with van der Waals surface area (Å²) in [6.07, 6.45) is 4.99. The van der Waals surface area contributed by atoms with Gasteiger partial charge in [0.25, 0.3) is 10.1 Å². The van der Waals surface area contributed by atoms with Gasteiger partial charge in [0.2, 0.25) is 0 Å². The maximum absolute atomic E-state index is 12.2. The Labute approximate surface area is 142 Å². The molecule has 9 heteroatoms. The average Bonchev–Trinajstić information content (AvgIpc) is 3.07. The van der Waals surface area contributed by atoms with E-state index in [2.05, 4.69) is 16.5 Å². The van der Waals surface area contributed by atoms with Crippen molar-refractivity contribution in [3.63, 3.8) is 0 Å². The summed E-state index contributed by atoms with van der Waals surface area (Å²) in [5, 5.41) is 0. The zero-order chi connectivity index (χ0) is 17.7. The van der Waals surface area contributed by atoms with Gasteiger partial charge in [-0.1, -0.05) is 12.7 Å². The van der Waals surface area contributed by atoms with Crippen molar-refractivity contribution in [1.82, 2.24) is 14.9 Å². The van der Waals surface area contributed by atoms with Crippen LogP contribution >= 0.6 is 0 Å². The molecule has 2 atom stereocenters. The van der Waals surface area contributed by atoms with Crippen LogP contribution < -0.4 is 0 Å². The van der Waals surface area contributed by atoms with E-state index in [9.17, 15) is 13.2 Å². The van der Waals surface area contributed by atoms with E-state index in [1.807, 2.05) is 13.1 Å². The van der Waals surface area contributed by atoms with Gasteiger partial charge in [0.1, 0.15) is 12.4 Å². The van der Waals surface area contributed by atoms with Crippen LogP contribution in [0, 0.1) is 6.92 Å². The summed E-state index contributed by atoms with van der Waals surface area (Å²) in [6, 6.07) is -0.167. The van der Waals surface area contributed by atoms with Crippen LogP contribution in [0.1, 0.15) is 24.4 Å². The highest BCUT2D eigenvalue weighted by molar-refractivity contribution is 7.86. The quantitative estimate of drug-likeness (QED) is 0.584. The Morgan fingerprint density at radius 3 is 2.92 bits per heavy atom.